The van der Waals surface area contributed by atoms with Crippen molar-refractivity contribution in [3.63, 3.8) is 0 Å². The van der Waals surface area contributed by atoms with Gasteiger partial charge in [0.05, 0.1) is 12.2 Å². The fraction of sp³-hybridized carbons (Fsp3) is 0.545. The van der Waals surface area contributed by atoms with Gasteiger partial charge in [0.15, 0.2) is 0 Å². The molecule has 3 heterocycles. The standard InChI is InChI=1S/C22H26F4N4O2S/c1-2-32-20-11-19(27-28-20)15-9-14(17-4-3-16(10-18(17)23)22(24,25)26)12-30(13-15)21(31)29-5-7-33-8-6-29/h3-4,10-11,14-15H,2,5-9,12-13H2,1H3,(H,27,28). The largest absolute Gasteiger partial charge is 0.477 e. The van der Waals surface area contributed by atoms with Crippen molar-refractivity contribution in [3.05, 3.63) is 46.9 Å². The number of H-pyrrole nitrogens is 1. The third-order valence-corrected chi connectivity index (χ3v) is 7.02. The number of aromatic nitrogens is 2. The summed E-state index contributed by atoms with van der Waals surface area (Å²) < 4.78 is 59.3. The summed E-state index contributed by atoms with van der Waals surface area (Å²) in [7, 11) is 0. The molecule has 2 aromatic rings. The number of alkyl halides is 3. The minimum Gasteiger partial charge on any atom is -0.477 e. The average Bonchev–Trinajstić information content (AvgIpc) is 3.27. The highest BCUT2D eigenvalue weighted by molar-refractivity contribution is 7.99. The highest BCUT2D eigenvalue weighted by Crippen LogP contribution is 2.39. The number of likely N-dealkylation sites (tertiary alicyclic amines) is 1. The molecule has 1 aromatic heterocycles. The number of hydrogen-bond acceptors (Lipinski definition) is 4. The van der Waals surface area contributed by atoms with Crippen molar-refractivity contribution in [2.45, 2.75) is 31.4 Å². The number of nitrogens with zero attached hydrogens (tertiary/aromatic N) is 3. The Morgan fingerprint density at radius 3 is 2.58 bits per heavy atom. The molecule has 4 rings (SSSR count). The van der Waals surface area contributed by atoms with Crippen LogP contribution in [0.3, 0.4) is 0 Å². The van der Waals surface area contributed by atoms with Crippen molar-refractivity contribution in [2.75, 3.05) is 44.3 Å². The lowest BCUT2D eigenvalue weighted by molar-refractivity contribution is -0.137. The van der Waals surface area contributed by atoms with Crippen molar-refractivity contribution in [1.82, 2.24) is 20.0 Å². The van der Waals surface area contributed by atoms with E-state index in [2.05, 4.69) is 10.2 Å². The summed E-state index contributed by atoms with van der Waals surface area (Å²) in [6, 6.07) is 4.28. The molecular weight excluding hydrogens is 460 g/mol. The van der Waals surface area contributed by atoms with Crippen LogP contribution in [0.2, 0.25) is 0 Å². The second kappa shape index (κ2) is 9.82. The number of carbonyl (C=O) groups excluding carboxylic acids is 1. The lowest BCUT2D eigenvalue weighted by atomic mass is 9.82. The third kappa shape index (κ3) is 5.39. The number of rotatable bonds is 4. The summed E-state index contributed by atoms with van der Waals surface area (Å²) in [6.07, 6.45) is -4.15. The van der Waals surface area contributed by atoms with Crippen molar-refractivity contribution in [2.24, 2.45) is 0 Å². The first-order chi connectivity index (χ1) is 15.8. The summed E-state index contributed by atoms with van der Waals surface area (Å²) in [5.74, 6) is 0.609. The molecule has 0 aliphatic carbocycles. The lowest BCUT2D eigenvalue weighted by Crippen LogP contribution is -2.51. The molecule has 2 unspecified atom stereocenters. The predicted molar refractivity (Wildman–Crippen MR) is 117 cm³/mol. The quantitative estimate of drug-likeness (QED) is 0.636. The summed E-state index contributed by atoms with van der Waals surface area (Å²) in [5, 5.41) is 7.07. The van der Waals surface area contributed by atoms with Crippen LogP contribution in [0.25, 0.3) is 0 Å². The van der Waals surface area contributed by atoms with Gasteiger partial charge in [0, 0.05) is 61.3 Å². The van der Waals surface area contributed by atoms with Crippen LogP contribution in [-0.4, -0.2) is 70.3 Å². The van der Waals surface area contributed by atoms with Crippen LogP contribution in [0, 0.1) is 5.82 Å². The maximum Gasteiger partial charge on any atom is 0.416 e. The minimum atomic E-state index is -4.62. The summed E-state index contributed by atoms with van der Waals surface area (Å²) >= 11 is 1.79. The second-order valence-electron chi connectivity index (χ2n) is 8.25. The first-order valence-electron chi connectivity index (χ1n) is 10.9. The molecular formula is C22H26F4N4O2S. The Balaban J connectivity index is 1.62. The molecule has 0 radical (unpaired) electrons. The maximum absolute atomic E-state index is 14.8. The molecule has 0 spiro atoms. The number of urea groups is 1. The number of halogens is 4. The molecule has 2 aliphatic rings. The van der Waals surface area contributed by atoms with Crippen LogP contribution in [0.4, 0.5) is 22.4 Å². The van der Waals surface area contributed by atoms with Crippen LogP contribution in [0.5, 0.6) is 5.88 Å². The number of benzene rings is 1. The van der Waals surface area contributed by atoms with Crippen molar-refractivity contribution < 1.29 is 27.1 Å². The van der Waals surface area contributed by atoms with Gasteiger partial charge in [0.25, 0.3) is 0 Å². The number of ether oxygens (including phenoxy) is 1. The van der Waals surface area contributed by atoms with Gasteiger partial charge in [0.1, 0.15) is 5.82 Å². The Bertz CT molecular complexity index is 978. The number of aromatic amines is 1. The summed E-state index contributed by atoms with van der Waals surface area (Å²) in [4.78, 5) is 16.7. The van der Waals surface area contributed by atoms with Crippen molar-refractivity contribution in [3.8, 4) is 5.88 Å². The number of amides is 2. The van der Waals surface area contributed by atoms with Crippen LogP contribution < -0.4 is 4.74 Å². The smallest absolute Gasteiger partial charge is 0.416 e. The van der Waals surface area contributed by atoms with E-state index >= 15 is 0 Å². The van der Waals surface area contributed by atoms with Gasteiger partial charge in [-0.1, -0.05) is 6.07 Å². The fourth-order valence-corrected chi connectivity index (χ4v) is 5.35. The van der Waals surface area contributed by atoms with Crippen molar-refractivity contribution in [1.29, 1.82) is 0 Å². The summed E-state index contributed by atoms with van der Waals surface area (Å²) in [5.41, 5.74) is -0.0866. The molecule has 2 fully saturated rings. The number of piperidine rings is 1. The third-order valence-electron chi connectivity index (χ3n) is 6.08. The van der Waals surface area contributed by atoms with Gasteiger partial charge in [-0.3, -0.25) is 5.10 Å². The Morgan fingerprint density at radius 2 is 1.91 bits per heavy atom. The molecule has 11 heteroatoms. The zero-order chi connectivity index (χ0) is 23.6. The van der Waals surface area contributed by atoms with Gasteiger partial charge in [-0.05, 0) is 31.0 Å². The van der Waals surface area contributed by atoms with E-state index in [-0.39, 0.29) is 24.1 Å². The van der Waals surface area contributed by atoms with E-state index in [1.54, 1.807) is 27.6 Å². The van der Waals surface area contributed by atoms with Crippen LogP contribution >= 0.6 is 11.8 Å². The Hall–Kier alpha value is -2.43. The molecule has 1 N–H and O–H groups in total. The maximum atomic E-state index is 14.8. The van der Waals surface area contributed by atoms with Gasteiger partial charge in [0.2, 0.25) is 5.88 Å². The number of carbonyl (C=O) groups is 1. The second-order valence-corrected chi connectivity index (χ2v) is 9.47. The lowest BCUT2D eigenvalue weighted by Gasteiger charge is -2.41. The minimum absolute atomic E-state index is 0.123. The zero-order valence-corrected chi connectivity index (χ0v) is 19.0. The fourth-order valence-electron chi connectivity index (χ4n) is 4.44. The Morgan fingerprint density at radius 1 is 1.18 bits per heavy atom. The number of thioether (sulfide) groups is 1. The topological polar surface area (TPSA) is 61.5 Å². The van der Waals surface area contributed by atoms with Crippen LogP contribution in [-0.2, 0) is 6.18 Å². The average molecular weight is 487 g/mol. The van der Waals surface area contributed by atoms with E-state index in [0.29, 0.717) is 44.6 Å². The molecule has 2 aliphatic heterocycles. The molecule has 2 saturated heterocycles. The van der Waals surface area contributed by atoms with E-state index in [0.717, 1.165) is 23.3 Å². The number of nitrogens with one attached hydrogen (secondary N) is 1. The SMILES string of the molecule is CCOc1cc(C2CC(c3ccc(C(F)(F)F)cc3F)CN(C(=O)N3CCSCC3)C2)[nH]n1. The van der Waals surface area contributed by atoms with E-state index < -0.39 is 23.5 Å². The predicted octanol–water partition coefficient (Wildman–Crippen LogP) is 4.71. The molecule has 2 atom stereocenters. The highest BCUT2D eigenvalue weighted by atomic mass is 32.2. The monoisotopic (exact) mass is 486 g/mol. The highest BCUT2D eigenvalue weighted by Gasteiger charge is 2.37. The summed E-state index contributed by atoms with van der Waals surface area (Å²) in [6.45, 7) is 4.23. The van der Waals surface area contributed by atoms with Gasteiger partial charge < -0.3 is 14.5 Å². The van der Waals surface area contributed by atoms with Gasteiger partial charge in [-0.15, -0.1) is 5.10 Å². The molecule has 0 saturated carbocycles. The Kier molecular flexibility index (Phi) is 7.06. The molecule has 2 amide bonds. The first kappa shape index (κ1) is 23.7. The van der Waals surface area contributed by atoms with Gasteiger partial charge in [-0.2, -0.15) is 24.9 Å². The van der Waals surface area contributed by atoms with E-state index in [9.17, 15) is 22.4 Å². The first-order valence-corrected chi connectivity index (χ1v) is 12.1. The van der Waals surface area contributed by atoms with E-state index in [1.807, 2.05) is 6.92 Å². The molecule has 33 heavy (non-hydrogen) atoms. The molecule has 1 aromatic carbocycles. The van der Waals surface area contributed by atoms with E-state index in [1.165, 1.54) is 6.07 Å². The normalized spacial score (nSPS) is 21.8. The Labute approximate surface area is 193 Å². The molecule has 6 nitrogen and oxygen atoms in total. The van der Waals surface area contributed by atoms with Crippen LogP contribution in [0.1, 0.15) is 42.0 Å². The van der Waals surface area contributed by atoms with E-state index in [4.69, 9.17) is 4.74 Å². The zero-order valence-electron chi connectivity index (χ0n) is 18.2. The van der Waals surface area contributed by atoms with Crippen LogP contribution in [0.15, 0.2) is 24.3 Å². The molecule has 0 bridgehead atoms. The van der Waals surface area contributed by atoms with Crippen molar-refractivity contribution >= 4 is 17.8 Å². The van der Waals surface area contributed by atoms with Gasteiger partial charge >= 0.3 is 12.2 Å². The molecule has 180 valence electrons. The van der Waals surface area contributed by atoms with Gasteiger partial charge in [-0.25, -0.2) is 9.18 Å². The number of hydrogen-bond donors (Lipinski definition) is 1.